The van der Waals surface area contributed by atoms with Gasteiger partial charge in [0.15, 0.2) is 6.10 Å². The maximum Gasteiger partial charge on any atom is 0.306 e. The van der Waals surface area contributed by atoms with E-state index in [4.69, 9.17) is 14.2 Å². The SMILES string of the molecule is C=CC/C=C\CCCCCCCC(=O)OCC(COC(=O)CCCCCCC/C=C/C/C=C/CCCCC)OC(=O)CCCC[C@@H]1CCSS1. The molecule has 0 N–H and O–H groups in total. The molecule has 6 nitrogen and oxygen atoms in total. The van der Waals surface area contributed by atoms with Crippen molar-refractivity contribution in [1.29, 1.82) is 0 Å². The molecule has 0 radical (unpaired) electrons. The summed E-state index contributed by atoms with van der Waals surface area (Å²) >= 11 is 0. The van der Waals surface area contributed by atoms with Crippen LogP contribution in [-0.2, 0) is 28.6 Å². The van der Waals surface area contributed by atoms with Crippen LogP contribution in [0.4, 0.5) is 0 Å². The molecule has 0 aromatic carbocycles. The van der Waals surface area contributed by atoms with Crippen molar-refractivity contribution < 1.29 is 28.6 Å². The number of carbonyl (C=O) groups excluding carboxylic acids is 3. The van der Waals surface area contributed by atoms with Gasteiger partial charge < -0.3 is 14.2 Å². The van der Waals surface area contributed by atoms with E-state index in [1.54, 1.807) is 0 Å². The van der Waals surface area contributed by atoms with Crippen molar-refractivity contribution in [1.82, 2.24) is 0 Å². The molecule has 1 fully saturated rings. The highest BCUT2D eigenvalue weighted by Crippen LogP contribution is 2.39. The second-order valence-corrected chi connectivity index (χ2v) is 16.1. The lowest BCUT2D eigenvalue weighted by atomic mass is 10.1. The summed E-state index contributed by atoms with van der Waals surface area (Å²) in [6.07, 6.45) is 39.1. The standard InChI is InChI=1S/C42H70O6S2/c1-3-5-7-9-11-13-15-16-17-18-19-21-23-25-27-32-41(44)47-37-38(48-42(45)33-29-28-30-39-34-35-49-50-39)36-46-40(43)31-26-24-22-20-14-12-10-8-6-4-2/h4,8,10-11,13,16-17,38-39H,2-3,5-7,9,12,14-15,18-37H2,1H3/b10-8-,13-11+,17-16+/t38?,39-/m1/s1. The van der Waals surface area contributed by atoms with Gasteiger partial charge in [-0.05, 0) is 83.5 Å². The van der Waals surface area contributed by atoms with Gasteiger partial charge in [0, 0.05) is 30.3 Å². The molecule has 8 heteroatoms. The Morgan fingerprint density at radius 2 is 1.14 bits per heavy atom. The van der Waals surface area contributed by atoms with Gasteiger partial charge in [0.1, 0.15) is 13.2 Å². The number of rotatable bonds is 34. The van der Waals surface area contributed by atoms with Crippen LogP contribution in [0.25, 0.3) is 0 Å². The summed E-state index contributed by atoms with van der Waals surface area (Å²) in [5.41, 5.74) is 0. The molecule has 0 aromatic rings. The van der Waals surface area contributed by atoms with E-state index in [0.29, 0.717) is 24.5 Å². The van der Waals surface area contributed by atoms with Crippen LogP contribution in [0.3, 0.4) is 0 Å². The summed E-state index contributed by atoms with van der Waals surface area (Å²) in [6, 6.07) is 0. The number of esters is 3. The van der Waals surface area contributed by atoms with E-state index in [9.17, 15) is 14.4 Å². The molecular weight excluding hydrogens is 665 g/mol. The molecule has 1 aliphatic heterocycles. The summed E-state index contributed by atoms with van der Waals surface area (Å²) in [6.45, 7) is 5.77. The van der Waals surface area contributed by atoms with Gasteiger partial charge in [0.05, 0.1) is 0 Å². The van der Waals surface area contributed by atoms with E-state index < -0.39 is 6.10 Å². The van der Waals surface area contributed by atoms with Crippen LogP contribution >= 0.6 is 21.6 Å². The minimum absolute atomic E-state index is 0.0880. The Balaban J connectivity index is 2.26. The molecule has 50 heavy (non-hydrogen) atoms. The largest absolute Gasteiger partial charge is 0.462 e. The zero-order valence-corrected chi connectivity index (χ0v) is 33.1. The number of carbonyl (C=O) groups is 3. The predicted octanol–water partition coefficient (Wildman–Crippen LogP) is 12.4. The fourth-order valence-corrected chi connectivity index (χ4v) is 8.56. The van der Waals surface area contributed by atoms with Crippen molar-refractivity contribution in [2.45, 2.75) is 179 Å². The lowest BCUT2D eigenvalue weighted by Gasteiger charge is -2.18. The summed E-state index contributed by atoms with van der Waals surface area (Å²) < 4.78 is 16.6. The summed E-state index contributed by atoms with van der Waals surface area (Å²) in [5.74, 6) is 0.275. The number of ether oxygens (including phenoxy) is 3. The van der Waals surface area contributed by atoms with Gasteiger partial charge in [-0.2, -0.15) is 0 Å². The van der Waals surface area contributed by atoms with Crippen LogP contribution in [0.5, 0.6) is 0 Å². The first-order valence-electron chi connectivity index (χ1n) is 19.9. The van der Waals surface area contributed by atoms with Gasteiger partial charge in [-0.25, -0.2) is 0 Å². The highest BCUT2D eigenvalue weighted by atomic mass is 33.1. The molecule has 0 aromatic heterocycles. The monoisotopic (exact) mass is 734 g/mol. The van der Waals surface area contributed by atoms with Crippen LogP contribution in [0.2, 0.25) is 0 Å². The van der Waals surface area contributed by atoms with Crippen LogP contribution in [-0.4, -0.2) is 48.2 Å². The molecule has 1 unspecified atom stereocenters. The fourth-order valence-electron chi connectivity index (χ4n) is 5.54. The Bertz CT molecular complexity index is 941. The van der Waals surface area contributed by atoms with E-state index in [0.717, 1.165) is 103 Å². The van der Waals surface area contributed by atoms with Crippen molar-refractivity contribution in [3.8, 4) is 0 Å². The highest BCUT2D eigenvalue weighted by molar-refractivity contribution is 8.77. The molecule has 1 rings (SSSR count). The molecule has 1 saturated heterocycles. The topological polar surface area (TPSA) is 78.9 Å². The number of hydrogen-bond acceptors (Lipinski definition) is 8. The zero-order chi connectivity index (χ0) is 36.2. The van der Waals surface area contributed by atoms with Crippen LogP contribution in [0, 0.1) is 0 Å². The molecule has 1 heterocycles. The van der Waals surface area contributed by atoms with E-state index in [1.165, 1.54) is 44.3 Å². The average Bonchev–Trinajstić information content (AvgIpc) is 3.64. The zero-order valence-electron chi connectivity index (χ0n) is 31.5. The molecule has 0 spiro atoms. The molecule has 0 amide bonds. The van der Waals surface area contributed by atoms with E-state index >= 15 is 0 Å². The second-order valence-electron chi connectivity index (χ2n) is 13.3. The van der Waals surface area contributed by atoms with E-state index in [-0.39, 0.29) is 31.1 Å². The van der Waals surface area contributed by atoms with Crippen molar-refractivity contribution in [2.75, 3.05) is 19.0 Å². The molecular formula is C42H70O6S2. The molecule has 0 bridgehead atoms. The maximum atomic E-state index is 12.6. The first-order chi connectivity index (χ1) is 24.5. The van der Waals surface area contributed by atoms with Crippen LogP contribution < -0.4 is 0 Å². The minimum atomic E-state index is -0.782. The maximum absolute atomic E-state index is 12.6. The summed E-state index contributed by atoms with van der Waals surface area (Å²) in [5, 5.41) is 0.687. The third-order valence-electron chi connectivity index (χ3n) is 8.60. The third kappa shape index (κ3) is 30.9. The van der Waals surface area contributed by atoms with Crippen molar-refractivity contribution in [3.05, 3.63) is 49.1 Å². The van der Waals surface area contributed by atoms with Crippen molar-refractivity contribution in [2.24, 2.45) is 0 Å². The minimum Gasteiger partial charge on any atom is -0.462 e. The molecule has 286 valence electrons. The van der Waals surface area contributed by atoms with Crippen LogP contribution in [0.15, 0.2) is 49.1 Å². The van der Waals surface area contributed by atoms with Gasteiger partial charge >= 0.3 is 17.9 Å². The van der Waals surface area contributed by atoms with Crippen LogP contribution in [0.1, 0.15) is 167 Å². The highest BCUT2D eigenvalue weighted by Gasteiger charge is 2.20. The summed E-state index contributed by atoms with van der Waals surface area (Å²) in [7, 11) is 3.88. The Morgan fingerprint density at radius 3 is 1.68 bits per heavy atom. The Labute approximate surface area is 313 Å². The Morgan fingerprint density at radius 1 is 0.640 bits per heavy atom. The van der Waals surface area contributed by atoms with Gasteiger partial charge in [-0.1, -0.05) is 129 Å². The van der Waals surface area contributed by atoms with Crippen molar-refractivity contribution >= 4 is 39.5 Å². The lowest BCUT2D eigenvalue weighted by molar-refractivity contribution is -0.167. The Kier molecular flexibility index (Phi) is 32.7. The quantitative estimate of drug-likeness (QED) is 0.0213. The van der Waals surface area contributed by atoms with Crippen molar-refractivity contribution in [3.63, 3.8) is 0 Å². The van der Waals surface area contributed by atoms with Gasteiger partial charge in [0.2, 0.25) is 0 Å². The molecule has 1 aliphatic rings. The first kappa shape index (κ1) is 46.1. The van der Waals surface area contributed by atoms with E-state index in [1.807, 2.05) is 27.7 Å². The van der Waals surface area contributed by atoms with Gasteiger partial charge in [-0.3, -0.25) is 14.4 Å². The number of unbranched alkanes of at least 4 members (excludes halogenated alkanes) is 14. The Hall–Kier alpha value is -1.93. The van der Waals surface area contributed by atoms with E-state index in [2.05, 4.69) is 50.0 Å². The smallest absolute Gasteiger partial charge is 0.306 e. The summed E-state index contributed by atoms with van der Waals surface area (Å²) in [4.78, 5) is 37.5. The van der Waals surface area contributed by atoms with Gasteiger partial charge in [0.25, 0.3) is 0 Å². The third-order valence-corrected chi connectivity index (χ3v) is 11.6. The molecule has 0 saturated carbocycles. The fraction of sp³-hybridized carbons (Fsp3) is 0.738. The molecule has 2 atom stereocenters. The number of allylic oxidation sites excluding steroid dienone is 7. The first-order valence-corrected chi connectivity index (χ1v) is 22.3. The number of hydrogen-bond donors (Lipinski definition) is 0. The second kappa shape index (κ2) is 35.5. The lowest BCUT2D eigenvalue weighted by Crippen LogP contribution is -2.30. The predicted molar refractivity (Wildman–Crippen MR) is 214 cm³/mol. The molecule has 0 aliphatic carbocycles. The van der Waals surface area contributed by atoms with Gasteiger partial charge in [-0.15, -0.1) is 6.58 Å². The normalized spacial score (nSPS) is 15.3. The average molecular weight is 735 g/mol.